The maximum atomic E-state index is 9.06. The van der Waals surface area contributed by atoms with Crippen LogP contribution in [0.1, 0.15) is 33.3 Å². The molecule has 1 aromatic heterocycles. The Hall–Kier alpha value is -1.20. The fraction of sp³-hybridized carbons (Fsp3) is 0.714. The fourth-order valence-electron chi connectivity index (χ4n) is 1.79. The number of nitrogens with zero attached hydrogens (tertiary/aromatic N) is 3. The number of hydrogen-bond acceptors (Lipinski definition) is 5. The largest absolute Gasteiger partial charge is 0.395 e. The third kappa shape index (κ3) is 5.53. The maximum Gasteiger partial charge on any atom is 0.225 e. The first kappa shape index (κ1) is 15.9. The molecule has 0 fully saturated rings. The zero-order chi connectivity index (χ0) is 14.3. The van der Waals surface area contributed by atoms with Crippen molar-refractivity contribution in [1.29, 1.82) is 0 Å². The van der Waals surface area contributed by atoms with Gasteiger partial charge >= 0.3 is 0 Å². The number of anilines is 1. The van der Waals surface area contributed by atoms with Crippen molar-refractivity contribution in [3.8, 4) is 0 Å². The smallest absolute Gasteiger partial charge is 0.225 e. The highest BCUT2D eigenvalue weighted by molar-refractivity contribution is 5.31. The zero-order valence-corrected chi connectivity index (χ0v) is 12.4. The molecule has 0 spiro atoms. The Morgan fingerprint density at radius 2 is 1.84 bits per heavy atom. The minimum atomic E-state index is 0.110. The van der Waals surface area contributed by atoms with Gasteiger partial charge in [0.2, 0.25) is 5.95 Å². The highest BCUT2D eigenvalue weighted by Gasteiger charge is 2.12. The molecule has 0 saturated carbocycles. The first-order valence-electron chi connectivity index (χ1n) is 6.93. The third-order valence-electron chi connectivity index (χ3n) is 2.79. The van der Waals surface area contributed by atoms with Crippen molar-refractivity contribution in [2.45, 2.75) is 40.3 Å². The number of nitrogens with one attached hydrogen (secondary N) is 1. The molecule has 0 atom stereocenters. The minimum Gasteiger partial charge on any atom is -0.395 e. The summed E-state index contributed by atoms with van der Waals surface area (Å²) < 4.78 is 0. The SMILES string of the molecule is CC(C)CNCc1cnc(N(CCO)C(C)C)nc1. The molecule has 0 amide bonds. The number of aliphatic hydroxyl groups is 1. The summed E-state index contributed by atoms with van der Waals surface area (Å²) in [5.74, 6) is 1.32. The van der Waals surface area contributed by atoms with Crippen molar-refractivity contribution in [1.82, 2.24) is 15.3 Å². The van der Waals surface area contributed by atoms with Crippen LogP contribution in [0.3, 0.4) is 0 Å². The molecule has 108 valence electrons. The van der Waals surface area contributed by atoms with Crippen LogP contribution in [-0.4, -0.2) is 40.8 Å². The molecule has 0 radical (unpaired) electrons. The Balaban J connectivity index is 2.59. The van der Waals surface area contributed by atoms with E-state index in [-0.39, 0.29) is 12.6 Å². The lowest BCUT2D eigenvalue weighted by Crippen LogP contribution is -2.34. The second-order valence-corrected chi connectivity index (χ2v) is 5.43. The third-order valence-corrected chi connectivity index (χ3v) is 2.79. The van der Waals surface area contributed by atoms with Crippen LogP contribution in [0.25, 0.3) is 0 Å². The van der Waals surface area contributed by atoms with E-state index < -0.39 is 0 Å². The van der Waals surface area contributed by atoms with E-state index in [1.165, 1.54) is 0 Å². The average molecular weight is 266 g/mol. The average Bonchev–Trinajstić information content (AvgIpc) is 2.36. The molecule has 1 rings (SSSR count). The van der Waals surface area contributed by atoms with Gasteiger partial charge in [0, 0.05) is 37.1 Å². The molecule has 0 aliphatic rings. The molecule has 5 nitrogen and oxygen atoms in total. The Bertz CT molecular complexity index is 351. The molecule has 0 unspecified atom stereocenters. The molecule has 0 aliphatic heterocycles. The Kier molecular flexibility index (Phi) is 6.73. The van der Waals surface area contributed by atoms with E-state index in [0.717, 1.165) is 18.7 Å². The predicted octanol–water partition coefficient (Wildman–Crippen LogP) is 1.43. The molecule has 0 aliphatic carbocycles. The lowest BCUT2D eigenvalue weighted by Gasteiger charge is -2.25. The molecule has 0 bridgehead atoms. The van der Waals surface area contributed by atoms with Crippen molar-refractivity contribution < 1.29 is 5.11 Å². The number of aliphatic hydroxyl groups excluding tert-OH is 1. The first-order chi connectivity index (χ1) is 9.04. The van der Waals surface area contributed by atoms with Crippen molar-refractivity contribution in [3.05, 3.63) is 18.0 Å². The van der Waals surface area contributed by atoms with E-state index in [1.807, 2.05) is 17.3 Å². The van der Waals surface area contributed by atoms with Crippen LogP contribution in [0.5, 0.6) is 0 Å². The van der Waals surface area contributed by atoms with Crippen LogP contribution in [0, 0.1) is 5.92 Å². The van der Waals surface area contributed by atoms with Gasteiger partial charge in [0.15, 0.2) is 0 Å². The molecule has 5 heteroatoms. The first-order valence-corrected chi connectivity index (χ1v) is 6.93. The summed E-state index contributed by atoms with van der Waals surface area (Å²) >= 11 is 0. The second kappa shape index (κ2) is 8.07. The van der Waals surface area contributed by atoms with Gasteiger partial charge in [-0.1, -0.05) is 13.8 Å². The maximum absolute atomic E-state index is 9.06. The summed E-state index contributed by atoms with van der Waals surface area (Å²) in [5.41, 5.74) is 1.08. The number of hydrogen-bond donors (Lipinski definition) is 2. The van der Waals surface area contributed by atoms with Gasteiger partial charge in [0.1, 0.15) is 0 Å². The van der Waals surface area contributed by atoms with Gasteiger partial charge in [-0.05, 0) is 26.3 Å². The topological polar surface area (TPSA) is 61.3 Å². The van der Waals surface area contributed by atoms with E-state index in [4.69, 9.17) is 5.11 Å². The van der Waals surface area contributed by atoms with Gasteiger partial charge in [-0.15, -0.1) is 0 Å². The van der Waals surface area contributed by atoms with Gasteiger partial charge in [0.25, 0.3) is 0 Å². The second-order valence-electron chi connectivity index (χ2n) is 5.43. The Labute approximate surface area is 116 Å². The Morgan fingerprint density at radius 3 is 2.32 bits per heavy atom. The zero-order valence-electron chi connectivity index (χ0n) is 12.4. The number of rotatable bonds is 8. The molecular formula is C14H26N4O. The van der Waals surface area contributed by atoms with Crippen LogP contribution in [-0.2, 0) is 6.54 Å². The summed E-state index contributed by atoms with van der Waals surface area (Å²) in [4.78, 5) is 10.8. The summed E-state index contributed by atoms with van der Waals surface area (Å²) in [6.45, 7) is 10.9. The quantitative estimate of drug-likeness (QED) is 0.745. The van der Waals surface area contributed by atoms with Crippen molar-refractivity contribution in [2.24, 2.45) is 5.92 Å². The molecule has 2 N–H and O–H groups in total. The van der Waals surface area contributed by atoms with Crippen molar-refractivity contribution in [3.63, 3.8) is 0 Å². The highest BCUT2D eigenvalue weighted by Crippen LogP contribution is 2.10. The minimum absolute atomic E-state index is 0.110. The van der Waals surface area contributed by atoms with E-state index in [2.05, 4.69) is 43.0 Å². The van der Waals surface area contributed by atoms with E-state index in [9.17, 15) is 0 Å². The van der Waals surface area contributed by atoms with E-state index in [1.54, 1.807) is 0 Å². The van der Waals surface area contributed by atoms with Gasteiger partial charge in [0.05, 0.1) is 6.61 Å². The number of aromatic nitrogens is 2. The van der Waals surface area contributed by atoms with E-state index >= 15 is 0 Å². The molecule has 0 saturated heterocycles. The fourth-order valence-corrected chi connectivity index (χ4v) is 1.79. The molecule has 0 aromatic carbocycles. The van der Waals surface area contributed by atoms with Gasteiger partial charge in [-0.3, -0.25) is 0 Å². The normalized spacial score (nSPS) is 11.3. The van der Waals surface area contributed by atoms with Gasteiger partial charge in [-0.25, -0.2) is 9.97 Å². The highest BCUT2D eigenvalue weighted by atomic mass is 16.3. The molecular weight excluding hydrogens is 240 g/mol. The van der Waals surface area contributed by atoms with Crippen LogP contribution in [0.15, 0.2) is 12.4 Å². The van der Waals surface area contributed by atoms with Crippen LogP contribution >= 0.6 is 0 Å². The lowest BCUT2D eigenvalue weighted by atomic mass is 10.2. The summed E-state index contributed by atoms with van der Waals surface area (Å²) in [5, 5.41) is 12.4. The van der Waals surface area contributed by atoms with Crippen molar-refractivity contribution >= 4 is 5.95 Å². The summed E-state index contributed by atoms with van der Waals surface area (Å²) in [6, 6.07) is 0.275. The molecule has 19 heavy (non-hydrogen) atoms. The van der Waals surface area contributed by atoms with Gasteiger partial charge in [-0.2, -0.15) is 0 Å². The summed E-state index contributed by atoms with van der Waals surface area (Å²) in [7, 11) is 0. The van der Waals surface area contributed by atoms with Gasteiger partial charge < -0.3 is 15.3 Å². The van der Waals surface area contributed by atoms with Crippen molar-refractivity contribution in [2.75, 3.05) is 24.6 Å². The lowest BCUT2D eigenvalue weighted by molar-refractivity contribution is 0.298. The van der Waals surface area contributed by atoms with Crippen LogP contribution < -0.4 is 10.2 Å². The monoisotopic (exact) mass is 266 g/mol. The van der Waals surface area contributed by atoms with Crippen LogP contribution in [0.2, 0.25) is 0 Å². The summed E-state index contributed by atoms with van der Waals surface area (Å²) in [6.07, 6.45) is 3.70. The van der Waals surface area contributed by atoms with Crippen LogP contribution in [0.4, 0.5) is 5.95 Å². The standard InChI is InChI=1S/C14H26N4O/c1-11(2)7-15-8-13-9-16-14(17-10-13)18(5-6-19)12(3)4/h9-12,15,19H,5-8H2,1-4H3. The molecule has 1 heterocycles. The van der Waals surface area contributed by atoms with E-state index in [0.29, 0.717) is 18.4 Å². The molecule has 1 aromatic rings. The predicted molar refractivity (Wildman–Crippen MR) is 78.1 cm³/mol. The Morgan fingerprint density at radius 1 is 1.21 bits per heavy atom.